The van der Waals surface area contributed by atoms with Crippen molar-refractivity contribution in [3.8, 4) is 0 Å². The van der Waals surface area contributed by atoms with Gasteiger partial charge in [0.1, 0.15) is 5.01 Å². The number of nitrogen functional groups attached to an aromatic ring is 1. The standard InChI is InChI=1S/C9H18N4S/c1-3-5-6-13(4-2)7-8-11-12-9(10)14-8/h3-7H2,1-2H3,(H2,10,12). The van der Waals surface area contributed by atoms with Crippen molar-refractivity contribution in [2.75, 3.05) is 18.8 Å². The molecule has 0 saturated heterocycles. The number of hydrogen-bond acceptors (Lipinski definition) is 5. The maximum absolute atomic E-state index is 5.52. The number of nitrogens with two attached hydrogens (primary N) is 1. The minimum Gasteiger partial charge on any atom is -0.374 e. The van der Waals surface area contributed by atoms with Crippen LogP contribution in [0.1, 0.15) is 31.7 Å². The largest absolute Gasteiger partial charge is 0.374 e. The maximum atomic E-state index is 5.52. The summed E-state index contributed by atoms with van der Waals surface area (Å²) in [6.45, 7) is 7.44. The molecule has 0 spiro atoms. The molecule has 2 N–H and O–H groups in total. The van der Waals surface area contributed by atoms with E-state index in [1.54, 1.807) is 0 Å². The molecule has 0 fully saturated rings. The Morgan fingerprint density at radius 2 is 2.14 bits per heavy atom. The highest BCUT2D eigenvalue weighted by molar-refractivity contribution is 7.15. The van der Waals surface area contributed by atoms with E-state index in [9.17, 15) is 0 Å². The Bertz CT molecular complexity index is 261. The fourth-order valence-corrected chi connectivity index (χ4v) is 1.90. The highest BCUT2D eigenvalue weighted by atomic mass is 32.1. The quantitative estimate of drug-likeness (QED) is 0.783. The molecule has 0 atom stereocenters. The van der Waals surface area contributed by atoms with Crippen molar-refractivity contribution in [1.29, 1.82) is 0 Å². The van der Waals surface area contributed by atoms with Crippen molar-refractivity contribution >= 4 is 16.5 Å². The maximum Gasteiger partial charge on any atom is 0.203 e. The molecular weight excluding hydrogens is 196 g/mol. The van der Waals surface area contributed by atoms with Crippen molar-refractivity contribution in [3.05, 3.63) is 5.01 Å². The van der Waals surface area contributed by atoms with Crippen molar-refractivity contribution in [2.45, 2.75) is 33.2 Å². The molecule has 0 aromatic carbocycles. The van der Waals surface area contributed by atoms with Gasteiger partial charge in [-0.25, -0.2) is 0 Å². The minimum atomic E-state index is 0.562. The first-order valence-corrected chi connectivity index (χ1v) is 5.88. The summed E-state index contributed by atoms with van der Waals surface area (Å²) in [6, 6.07) is 0. The smallest absolute Gasteiger partial charge is 0.203 e. The summed E-state index contributed by atoms with van der Waals surface area (Å²) in [5, 5.41) is 9.39. The first kappa shape index (κ1) is 11.4. The van der Waals surface area contributed by atoms with Crippen LogP contribution in [0.4, 0.5) is 5.13 Å². The number of aromatic nitrogens is 2. The van der Waals surface area contributed by atoms with Gasteiger partial charge in [-0.15, -0.1) is 10.2 Å². The number of nitrogens with zero attached hydrogens (tertiary/aromatic N) is 3. The van der Waals surface area contributed by atoms with Crippen LogP contribution in [0.25, 0.3) is 0 Å². The molecule has 0 aliphatic rings. The van der Waals surface area contributed by atoms with E-state index in [1.165, 1.54) is 24.2 Å². The molecule has 0 radical (unpaired) electrons. The molecule has 1 rings (SSSR count). The van der Waals surface area contributed by atoms with Gasteiger partial charge in [0.2, 0.25) is 5.13 Å². The van der Waals surface area contributed by atoms with Crippen molar-refractivity contribution < 1.29 is 0 Å². The third kappa shape index (κ3) is 3.59. The molecule has 0 saturated carbocycles. The zero-order chi connectivity index (χ0) is 10.4. The number of rotatable bonds is 6. The van der Waals surface area contributed by atoms with E-state index in [-0.39, 0.29) is 0 Å². The molecule has 0 bridgehead atoms. The molecule has 4 nitrogen and oxygen atoms in total. The van der Waals surface area contributed by atoms with Crippen LogP contribution in [0.2, 0.25) is 0 Å². The molecule has 1 aromatic rings. The third-order valence-corrected chi connectivity index (χ3v) is 2.85. The van der Waals surface area contributed by atoms with Gasteiger partial charge in [-0.05, 0) is 19.5 Å². The van der Waals surface area contributed by atoms with Crippen LogP contribution in [0.5, 0.6) is 0 Å². The Morgan fingerprint density at radius 3 is 2.64 bits per heavy atom. The van der Waals surface area contributed by atoms with Crippen LogP contribution in [0.3, 0.4) is 0 Å². The summed E-state index contributed by atoms with van der Waals surface area (Å²) in [6.07, 6.45) is 2.47. The number of anilines is 1. The second-order valence-electron chi connectivity index (χ2n) is 3.26. The van der Waals surface area contributed by atoms with E-state index in [2.05, 4.69) is 28.9 Å². The van der Waals surface area contributed by atoms with Gasteiger partial charge < -0.3 is 5.73 Å². The molecule has 1 heterocycles. The Balaban J connectivity index is 2.40. The Hall–Kier alpha value is -0.680. The lowest BCUT2D eigenvalue weighted by molar-refractivity contribution is 0.274. The average molecular weight is 214 g/mol. The molecule has 0 aliphatic heterocycles. The Labute approximate surface area is 89.1 Å². The summed E-state index contributed by atoms with van der Waals surface area (Å²) in [7, 11) is 0. The van der Waals surface area contributed by atoms with Crippen LogP contribution in [0, 0.1) is 0 Å². The topological polar surface area (TPSA) is 55.0 Å². The summed E-state index contributed by atoms with van der Waals surface area (Å²) < 4.78 is 0. The van der Waals surface area contributed by atoms with Crippen LogP contribution < -0.4 is 5.73 Å². The highest BCUT2D eigenvalue weighted by Gasteiger charge is 2.06. The van der Waals surface area contributed by atoms with Crippen molar-refractivity contribution in [2.24, 2.45) is 0 Å². The first-order chi connectivity index (χ1) is 6.76. The van der Waals surface area contributed by atoms with E-state index in [0.29, 0.717) is 5.13 Å². The highest BCUT2D eigenvalue weighted by Crippen LogP contribution is 2.13. The monoisotopic (exact) mass is 214 g/mol. The lowest BCUT2D eigenvalue weighted by Gasteiger charge is -2.17. The van der Waals surface area contributed by atoms with E-state index >= 15 is 0 Å². The van der Waals surface area contributed by atoms with Gasteiger partial charge in [0, 0.05) is 0 Å². The lowest BCUT2D eigenvalue weighted by Crippen LogP contribution is -2.23. The zero-order valence-electron chi connectivity index (χ0n) is 8.86. The van der Waals surface area contributed by atoms with Crippen molar-refractivity contribution in [1.82, 2.24) is 15.1 Å². The van der Waals surface area contributed by atoms with Crippen LogP contribution >= 0.6 is 11.3 Å². The number of hydrogen-bond donors (Lipinski definition) is 1. The lowest BCUT2D eigenvalue weighted by atomic mass is 10.3. The summed E-state index contributed by atoms with van der Waals surface area (Å²) in [4.78, 5) is 2.36. The molecule has 0 amide bonds. The first-order valence-electron chi connectivity index (χ1n) is 5.06. The van der Waals surface area contributed by atoms with Gasteiger partial charge in [0.15, 0.2) is 0 Å². The van der Waals surface area contributed by atoms with Gasteiger partial charge in [-0.3, -0.25) is 4.90 Å². The molecule has 5 heteroatoms. The van der Waals surface area contributed by atoms with E-state index in [1.807, 2.05) is 0 Å². The fraction of sp³-hybridized carbons (Fsp3) is 0.778. The van der Waals surface area contributed by atoms with Crippen molar-refractivity contribution in [3.63, 3.8) is 0 Å². The zero-order valence-corrected chi connectivity index (χ0v) is 9.68. The van der Waals surface area contributed by atoms with E-state index in [4.69, 9.17) is 5.73 Å². The summed E-state index contributed by atoms with van der Waals surface area (Å²) in [5.74, 6) is 0. The van der Waals surface area contributed by atoms with Gasteiger partial charge in [0.25, 0.3) is 0 Å². The number of unbranched alkanes of at least 4 members (excludes halogenated alkanes) is 1. The molecular formula is C9H18N4S. The summed E-state index contributed by atoms with van der Waals surface area (Å²) in [5.41, 5.74) is 5.52. The summed E-state index contributed by atoms with van der Waals surface area (Å²) >= 11 is 1.48. The van der Waals surface area contributed by atoms with Gasteiger partial charge in [-0.2, -0.15) is 0 Å². The van der Waals surface area contributed by atoms with Crippen LogP contribution in [-0.4, -0.2) is 28.2 Å². The van der Waals surface area contributed by atoms with Crippen LogP contribution in [0.15, 0.2) is 0 Å². The molecule has 80 valence electrons. The normalized spacial score (nSPS) is 11.1. The van der Waals surface area contributed by atoms with Gasteiger partial charge in [0.05, 0.1) is 6.54 Å². The molecule has 0 aliphatic carbocycles. The second kappa shape index (κ2) is 5.93. The van der Waals surface area contributed by atoms with E-state index in [0.717, 1.165) is 24.6 Å². The second-order valence-corrected chi connectivity index (χ2v) is 4.35. The SMILES string of the molecule is CCCCN(CC)Cc1nnc(N)s1. The molecule has 1 aromatic heterocycles. The van der Waals surface area contributed by atoms with Crippen LogP contribution in [-0.2, 0) is 6.54 Å². The predicted molar refractivity (Wildman–Crippen MR) is 60.2 cm³/mol. The predicted octanol–water partition coefficient (Wildman–Crippen LogP) is 1.74. The Kier molecular flexibility index (Phi) is 4.82. The van der Waals surface area contributed by atoms with Gasteiger partial charge >= 0.3 is 0 Å². The third-order valence-electron chi connectivity index (χ3n) is 2.12. The average Bonchev–Trinajstić information content (AvgIpc) is 2.58. The van der Waals surface area contributed by atoms with Gasteiger partial charge in [-0.1, -0.05) is 31.6 Å². The molecule has 14 heavy (non-hydrogen) atoms. The molecule has 0 unspecified atom stereocenters. The van der Waals surface area contributed by atoms with E-state index < -0.39 is 0 Å². The minimum absolute atomic E-state index is 0.562. The fourth-order valence-electron chi connectivity index (χ4n) is 1.25. The Morgan fingerprint density at radius 1 is 1.36 bits per heavy atom.